The molecular formula is C15H10BrN. The van der Waals surface area contributed by atoms with Crippen LogP contribution in [0.4, 0.5) is 0 Å². The minimum Gasteiger partial charge on any atom is -0.256 e. The fourth-order valence-electron chi connectivity index (χ4n) is 1.99. The van der Waals surface area contributed by atoms with Gasteiger partial charge in [-0.2, -0.15) is 0 Å². The van der Waals surface area contributed by atoms with Gasteiger partial charge < -0.3 is 0 Å². The summed E-state index contributed by atoms with van der Waals surface area (Å²) < 4.78 is 1.09. The lowest BCUT2D eigenvalue weighted by atomic mass is 10.0. The van der Waals surface area contributed by atoms with Crippen molar-refractivity contribution >= 4 is 26.8 Å². The molecule has 1 heterocycles. The summed E-state index contributed by atoms with van der Waals surface area (Å²) >= 11 is 3.50. The Morgan fingerprint density at radius 1 is 0.882 bits per heavy atom. The van der Waals surface area contributed by atoms with Crippen LogP contribution in [0.15, 0.2) is 65.3 Å². The maximum absolute atomic E-state index is 4.47. The molecule has 2 aromatic carbocycles. The fraction of sp³-hybridized carbons (Fsp3) is 0. The molecule has 0 unspecified atom stereocenters. The maximum Gasteiger partial charge on any atom is 0.0780 e. The average molecular weight is 284 g/mol. The quantitative estimate of drug-likeness (QED) is 0.633. The van der Waals surface area contributed by atoms with Gasteiger partial charge in [0, 0.05) is 21.6 Å². The Morgan fingerprint density at radius 3 is 2.59 bits per heavy atom. The molecule has 0 spiro atoms. The first-order valence-corrected chi connectivity index (χ1v) is 6.23. The van der Waals surface area contributed by atoms with Gasteiger partial charge in [-0.05, 0) is 23.8 Å². The molecule has 82 valence electrons. The second-order valence-corrected chi connectivity index (χ2v) is 4.81. The lowest BCUT2D eigenvalue weighted by Crippen LogP contribution is -1.84. The summed E-state index contributed by atoms with van der Waals surface area (Å²) in [6.45, 7) is 0. The Labute approximate surface area is 108 Å². The molecule has 0 saturated heterocycles. The minimum absolute atomic E-state index is 1.05. The molecule has 0 aliphatic rings. The number of para-hydroxylation sites is 1. The highest BCUT2D eigenvalue weighted by molar-refractivity contribution is 9.10. The van der Waals surface area contributed by atoms with Crippen LogP contribution in [0.5, 0.6) is 0 Å². The molecule has 2 heteroatoms. The normalized spacial score (nSPS) is 10.6. The van der Waals surface area contributed by atoms with Crippen LogP contribution in [0.25, 0.3) is 22.0 Å². The summed E-state index contributed by atoms with van der Waals surface area (Å²) in [5, 5.41) is 1.17. The van der Waals surface area contributed by atoms with Gasteiger partial charge in [0.05, 0.1) is 5.52 Å². The number of rotatable bonds is 1. The molecule has 0 atom stereocenters. The van der Waals surface area contributed by atoms with E-state index in [1.165, 1.54) is 16.5 Å². The van der Waals surface area contributed by atoms with Crippen LogP contribution >= 0.6 is 15.9 Å². The van der Waals surface area contributed by atoms with E-state index in [-0.39, 0.29) is 0 Å². The van der Waals surface area contributed by atoms with E-state index in [0.717, 1.165) is 9.99 Å². The first-order valence-electron chi connectivity index (χ1n) is 5.44. The summed E-state index contributed by atoms with van der Waals surface area (Å²) in [7, 11) is 0. The minimum atomic E-state index is 1.05. The standard InChI is InChI=1S/C15H10BrN/c16-13-7-1-5-12(10-13)14-8-2-4-11-6-3-9-17-15(11)14/h1-10H. The van der Waals surface area contributed by atoms with Gasteiger partial charge in [-0.15, -0.1) is 0 Å². The first kappa shape index (κ1) is 10.5. The second kappa shape index (κ2) is 4.30. The molecule has 3 rings (SSSR count). The zero-order valence-corrected chi connectivity index (χ0v) is 10.7. The number of benzene rings is 2. The fourth-order valence-corrected chi connectivity index (χ4v) is 2.39. The van der Waals surface area contributed by atoms with Gasteiger partial charge in [-0.25, -0.2) is 0 Å². The van der Waals surface area contributed by atoms with Crippen molar-refractivity contribution < 1.29 is 0 Å². The van der Waals surface area contributed by atoms with E-state index in [9.17, 15) is 0 Å². The predicted octanol–water partition coefficient (Wildman–Crippen LogP) is 4.66. The largest absolute Gasteiger partial charge is 0.256 e. The van der Waals surface area contributed by atoms with Gasteiger partial charge >= 0.3 is 0 Å². The van der Waals surface area contributed by atoms with Crippen molar-refractivity contribution in [3.8, 4) is 11.1 Å². The van der Waals surface area contributed by atoms with Crippen LogP contribution in [0.3, 0.4) is 0 Å². The van der Waals surface area contributed by atoms with Crippen molar-refractivity contribution in [3.63, 3.8) is 0 Å². The molecule has 0 fully saturated rings. The van der Waals surface area contributed by atoms with Crippen LogP contribution < -0.4 is 0 Å². The van der Waals surface area contributed by atoms with Crippen molar-refractivity contribution in [3.05, 3.63) is 65.3 Å². The van der Waals surface area contributed by atoms with E-state index >= 15 is 0 Å². The molecule has 1 aromatic heterocycles. The maximum atomic E-state index is 4.47. The molecule has 0 aliphatic carbocycles. The van der Waals surface area contributed by atoms with Crippen molar-refractivity contribution in [1.82, 2.24) is 4.98 Å². The third-order valence-corrected chi connectivity index (χ3v) is 3.26. The van der Waals surface area contributed by atoms with E-state index in [1.807, 2.05) is 24.4 Å². The van der Waals surface area contributed by atoms with Gasteiger partial charge in [-0.3, -0.25) is 4.98 Å². The summed E-state index contributed by atoms with van der Waals surface area (Å²) in [6.07, 6.45) is 1.84. The number of aromatic nitrogens is 1. The summed E-state index contributed by atoms with van der Waals surface area (Å²) in [5.74, 6) is 0. The van der Waals surface area contributed by atoms with Gasteiger partial charge in [0.1, 0.15) is 0 Å². The predicted molar refractivity (Wildman–Crippen MR) is 74.9 cm³/mol. The lowest BCUT2D eigenvalue weighted by molar-refractivity contribution is 1.41. The van der Waals surface area contributed by atoms with Crippen molar-refractivity contribution in [2.24, 2.45) is 0 Å². The molecule has 1 nitrogen and oxygen atoms in total. The topological polar surface area (TPSA) is 12.9 Å². The van der Waals surface area contributed by atoms with Crippen LogP contribution in [-0.4, -0.2) is 4.98 Å². The van der Waals surface area contributed by atoms with Crippen LogP contribution in [0, 0.1) is 0 Å². The Bertz CT molecular complexity index is 671. The number of hydrogen-bond acceptors (Lipinski definition) is 1. The van der Waals surface area contributed by atoms with Gasteiger partial charge in [0.2, 0.25) is 0 Å². The van der Waals surface area contributed by atoms with Gasteiger partial charge in [-0.1, -0.05) is 52.3 Å². The molecular weight excluding hydrogens is 274 g/mol. The molecule has 0 N–H and O–H groups in total. The SMILES string of the molecule is Brc1cccc(-c2cccc3cccnc23)c1. The van der Waals surface area contributed by atoms with E-state index in [4.69, 9.17) is 0 Å². The second-order valence-electron chi connectivity index (χ2n) is 3.89. The smallest absolute Gasteiger partial charge is 0.0780 e. The van der Waals surface area contributed by atoms with E-state index < -0.39 is 0 Å². The van der Waals surface area contributed by atoms with Crippen LogP contribution in [-0.2, 0) is 0 Å². The summed E-state index contributed by atoms with van der Waals surface area (Å²) in [4.78, 5) is 4.47. The summed E-state index contributed by atoms with van der Waals surface area (Å²) in [6, 6.07) is 18.6. The van der Waals surface area contributed by atoms with E-state index in [1.54, 1.807) is 0 Å². The van der Waals surface area contributed by atoms with Crippen molar-refractivity contribution in [2.45, 2.75) is 0 Å². The zero-order chi connectivity index (χ0) is 11.7. The molecule has 0 saturated carbocycles. The number of halogens is 1. The molecule has 0 amide bonds. The number of fused-ring (bicyclic) bond motifs is 1. The zero-order valence-electron chi connectivity index (χ0n) is 9.10. The van der Waals surface area contributed by atoms with Gasteiger partial charge in [0.25, 0.3) is 0 Å². The molecule has 0 bridgehead atoms. The third-order valence-electron chi connectivity index (χ3n) is 2.77. The Hall–Kier alpha value is -1.67. The average Bonchev–Trinajstić information content (AvgIpc) is 2.38. The molecule has 0 aliphatic heterocycles. The van der Waals surface area contributed by atoms with Crippen LogP contribution in [0.2, 0.25) is 0 Å². The highest BCUT2D eigenvalue weighted by Crippen LogP contribution is 2.28. The number of hydrogen-bond donors (Lipinski definition) is 0. The summed E-state index contributed by atoms with van der Waals surface area (Å²) in [5.41, 5.74) is 3.40. The van der Waals surface area contributed by atoms with Crippen LogP contribution in [0.1, 0.15) is 0 Å². The Morgan fingerprint density at radius 2 is 1.71 bits per heavy atom. The Kier molecular flexibility index (Phi) is 2.65. The first-order chi connectivity index (χ1) is 8.34. The number of pyridine rings is 1. The monoisotopic (exact) mass is 283 g/mol. The molecule has 3 aromatic rings. The van der Waals surface area contributed by atoms with Gasteiger partial charge in [0.15, 0.2) is 0 Å². The van der Waals surface area contributed by atoms with E-state index in [0.29, 0.717) is 0 Å². The Balaban J connectivity index is 2.30. The van der Waals surface area contributed by atoms with Crippen molar-refractivity contribution in [1.29, 1.82) is 0 Å². The molecule has 17 heavy (non-hydrogen) atoms. The lowest BCUT2D eigenvalue weighted by Gasteiger charge is -2.06. The number of nitrogens with zero attached hydrogens (tertiary/aromatic N) is 1. The molecule has 0 radical (unpaired) electrons. The highest BCUT2D eigenvalue weighted by Gasteiger charge is 2.04. The van der Waals surface area contributed by atoms with Crippen molar-refractivity contribution in [2.75, 3.05) is 0 Å². The third kappa shape index (κ3) is 1.96. The van der Waals surface area contributed by atoms with E-state index in [2.05, 4.69) is 57.3 Å². The highest BCUT2D eigenvalue weighted by atomic mass is 79.9.